The normalized spacial score (nSPS) is 12.0. The fraction of sp³-hybridized carbons (Fsp3) is 0.500. The molecule has 3 nitrogen and oxygen atoms in total. The fourth-order valence-corrected chi connectivity index (χ4v) is 3.45. The number of ether oxygens (including phenoxy) is 1. The first-order chi connectivity index (χ1) is 10.0. The zero-order valence-corrected chi connectivity index (χ0v) is 13.7. The van der Waals surface area contributed by atoms with Crippen LogP contribution in [0.3, 0.4) is 0 Å². The van der Waals surface area contributed by atoms with E-state index in [0.717, 1.165) is 27.1 Å². The molecule has 0 fully saturated rings. The molecule has 0 unspecified atom stereocenters. The van der Waals surface area contributed by atoms with Gasteiger partial charge in [-0.3, -0.25) is 4.90 Å². The molecule has 0 radical (unpaired) electrons. The van der Waals surface area contributed by atoms with Crippen molar-refractivity contribution in [3.63, 3.8) is 0 Å². The minimum Gasteiger partial charge on any atom is -0.377 e. The summed E-state index contributed by atoms with van der Waals surface area (Å²) in [5, 5.41) is 0.722. The van der Waals surface area contributed by atoms with Gasteiger partial charge in [0.1, 0.15) is 5.82 Å². The van der Waals surface area contributed by atoms with Crippen molar-refractivity contribution in [2.75, 3.05) is 20.2 Å². The molecule has 0 saturated heterocycles. The minimum atomic E-state index is -0.162. The largest absolute Gasteiger partial charge is 0.377 e. The van der Waals surface area contributed by atoms with Crippen LogP contribution in [-0.2, 0) is 17.8 Å². The fourth-order valence-electron chi connectivity index (χ4n) is 2.34. The Balaban J connectivity index is 2.17. The number of benzene rings is 1. The number of hydrogen-bond acceptors (Lipinski definition) is 4. The molecule has 0 saturated carbocycles. The van der Waals surface area contributed by atoms with Crippen molar-refractivity contribution >= 4 is 21.4 Å². The van der Waals surface area contributed by atoms with Gasteiger partial charge in [-0.1, -0.05) is 6.07 Å². The van der Waals surface area contributed by atoms with Crippen LogP contribution >= 0.6 is 11.3 Å². The van der Waals surface area contributed by atoms with Gasteiger partial charge in [0.25, 0.3) is 0 Å². The third-order valence-corrected chi connectivity index (χ3v) is 4.60. The van der Waals surface area contributed by atoms with Gasteiger partial charge in [-0.25, -0.2) is 4.39 Å². The van der Waals surface area contributed by atoms with Gasteiger partial charge in [0, 0.05) is 34.6 Å². The van der Waals surface area contributed by atoms with E-state index in [1.54, 1.807) is 17.4 Å². The lowest BCUT2D eigenvalue weighted by molar-refractivity contribution is 0.0627. The predicted octanol–water partition coefficient (Wildman–Crippen LogP) is 3.36. The molecule has 0 aliphatic rings. The van der Waals surface area contributed by atoms with Crippen LogP contribution in [0.2, 0.25) is 0 Å². The highest BCUT2D eigenvalue weighted by Gasteiger charge is 2.16. The summed E-state index contributed by atoms with van der Waals surface area (Å²) in [6, 6.07) is 5.22. The van der Waals surface area contributed by atoms with E-state index in [0.29, 0.717) is 19.7 Å². The number of hydrogen-bond donors (Lipinski definition) is 1. The highest BCUT2D eigenvalue weighted by atomic mass is 32.1. The van der Waals surface area contributed by atoms with E-state index in [1.165, 1.54) is 6.07 Å². The number of thiophene rings is 1. The monoisotopic (exact) mass is 310 g/mol. The van der Waals surface area contributed by atoms with Crippen LogP contribution in [0, 0.1) is 5.82 Å². The van der Waals surface area contributed by atoms with E-state index >= 15 is 0 Å². The molecule has 21 heavy (non-hydrogen) atoms. The van der Waals surface area contributed by atoms with Gasteiger partial charge in [0.2, 0.25) is 0 Å². The van der Waals surface area contributed by atoms with Crippen LogP contribution in [0.25, 0.3) is 10.1 Å². The summed E-state index contributed by atoms with van der Waals surface area (Å²) in [6.45, 7) is 6.67. The lowest BCUT2D eigenvalue weighted by Crippen LogP contribution is -2.24. The predicted molar refractivity (Wildman–Crippen MR) is 87.1 cm³/mol. The SMILES string of the molecule is CC(C)OCCN(C)Cc1c(CN)sc2cccc(F)c12. The number of likely N-dealkylation sites (N-methyl/N-ethyl adjacent to an activating group) is 1. The molecule has 0 amide bonds. The smallest absolute Gasteiger partial charge is 0.132 e. The van der Waals surface area contributed by atoms with Crippen LogP contribution in [0.15, 0.2) is 18.2 Å². The molecule has 116 valence electrons. The number of nitrogens with two attached hydrogens (primary N) is 1. The van der Waals surface area contributed by atoms with Crippen molar-refractivity contribution in [1.82, 2.24) is 4.90 Å². The molecule has 0 aliphatic heterocycles. The van der Waals surface area contributed by atoms with Gasteiger partial charge in [-0.05, 0) is 38.6 Å². The van der Waals surface area contributed by atoms with E-state index in [2.05, 4.69) is 4.90 Å². The maximum absolute atomic E-state index is 14.1. The maximum atomic E-state index is 14.1. The molecule has 5 heteroatoms. The summed E-state index contributed by atoms with van der Waals surface area (Å²) in [5.41, 5.74) is 6.84. The van der Waals surface area contributed by atoms with Crippen molar-refractivity contribution in [3.05, 3.63) is 34.5 Å². The highest BCUT2D eigenvalue weighted by Crippen LogP contribution is 2.33. The van der Waals surface area contributed by atoms with Crippen LogP contribution in [0.5, 0.6) is 0 Å². The summed E-state index contributed by atoms with van der Waals surface area (Å²) in [6.07, 6.45) is 0.234. The van der Waals surface area contributed by atoms with Crippen LogP contribution in [0.4, 0.5) is 4.39 Å². The van der Waals surface area contributed by atoms with E-state index in [9.17, 15) is 4.39 Å². The molecular weight excluding hydrogens is 287 g/mol. The Bertz CT molecular complexity index is 597. The Hall–Kier alpha value is -1.01. The number of fused-ring (bicyclic) bond motifs is 1. The summed E-state index contributed by atoms with van der Waals surface area (Å²) < 4.78 is 20.7. The van der Waals surface area contributed by atoms with E-state index in [4.69, 9.17) is 10.5 Å². The lowest BCUT2D eigenvalue weighted by atomic mass is 10.1. The zero-order chi connectivity index (χ0) is 15.4. The van der Waals surface area contributed by atoms with Gasteiger partial charge < -0.3 is 10.5 Å². The number of nitrogens with zero attached hydrogens (tertiary/aromatic N) is 1. The van der Waals surface area contributed by atoms with E-state index < -0.39 is 0 Å². The molecule has 2 aromatic rings. The van der Waals surface area contributed by atoms with Crippen molar-refractivity contribution in [2.24, 2.45) is 5.73 Å². The number of halogens is 1. The van der Waals surface area contributed by atoms with Crippen molar-refractivity contribution < 1.29 is 9.13 Å². The third-order valence-electron chi connectivity index (χ3n) is 3.38. The maximum Gasteiger partial charge on any atom is 0.132 e. The minimum absolute atomic E-state index is 0.162. The topological polar surface area (TPSA) is 38.5 Å². The van der Waals surface area contributed by atoms with E-state index in [-0.39, 0.29) is 11.9 Å². The summed E-state index contributed by atoms with van der Waals surface area (Å²) >= 11 is 1.59. The lowest BCUT2D eigenvalue weighted by Gasteiger charge is -2.18. The molecule has 1 aromatic carbocycles. The Labute approximate surface area is 129 Å². The van der Waals surface area contributed by atoms with Gasteiger partial charge in [-0.15, -0.1) is 11.3 Å². The Morgan fingerprint density at radius 3 is 2.81 bits per heavy atom. The first-order valence-corrected chi connectivity index (χ1v) is 8.03. The molecule has 2 N–H and O–H groups in total. The molecule has 0 bridgehead atoms. The van der Waals surface area contributed by atoms with Gasteiger partial charge in [0.05, 0.1) is 12.7 Å². The first kappa shape index (κ1) is 16.4. The molecule has 0 atom stereocenters. The Kier molecular flexibility index (Phi) is 5.70. The van der Waals surface area contributed by atoms with Crippen LogP contribution in [-0.4, -0.2) is 31.2 Å². The molecular formula is C16H23FN2OS. The second kappa shape index (κ2) is 7.31. The van der Waals surface area contributed by atoms with Gasteiger partial charge in [0.15, 0.2) is 0 Å². The van der Waals surface area contributed by atoms with Crippen molar-refractivity contribution in [1.29, 1.82) is 0 Å². The van der Waals surface area contributed by atoms with Crippen LogP contribution in [0.1, 0.15) is 24.3 Å². The van der Waals surface area contributed by atoms with Crippen LogP contribution < -0.4 is 5.73 Å². The van der Waals surface area contributed by atoms with E-state index in [1.807, 2.05) is 27.0 Å². The van der Waals surface area contributed by atoms with Crippen molar-refractivity contribution in [2.45, 2.75) is 33.0 Å². The average Bonchev–Trinajstić information content (AvgIpc) is 2.77. The molecule has 1 heterocycles. The Morgan fingerprint density at radius 1 is 1.38 bits per heavy atom. The summed E-state index contributed by atoms with van der Waals surface area (Å²) in [7, 11) is 2.02. The molecule has 0 spiro atoms. The summed E-state index contributed by atoms with van der Waals surface area (Å²) in [5.74, 6) is -0.162. The number of rotatable bonds is 7. The molecule has 1 aromatic heterocycles. The quantitative estimate of drug-likeness (QED) is 0.852. The first-order valence-electron chi connectivity index (χ1n) is 7.22. The summed E-state index contributed by atoms with van der Waals surface area (Å²) in [4.78, 5) is 3.21. The van der Waals surface area contributed by atoms with Gasteiger partial charge >= 0.3 is 0 Å². The second-order valence-corrected chi connectivity index (χ2v) is 6.61. The average molecular weight is 310 g/mol. The second-order valence-electron chi connectivity index (χ2n) is 5.48. The molecule has 2 rings (SSSR count). The highest BCUT2D eigenvalue weighted by molar-refractivity contribution is 7.19. The van der Waals surface area contributed by atoms with Gasteiger partial charge in [-0.2, -0.15) is 0 Å². The standard InChI is InChI=1S/C16H23FN2OS/c1-11(2)20-8-7-19(3)10-12-15(9-18)21-14-6-4-5-13(17)16(12)14/h4-6,11H,7-10,18H2,1-3H3. The molecule has 0 aliphatic carbocycles. The Morgan fingerprint density at radius 2 is 2.14 bits per heavy atom. The third kappa shape index (κ3) is 4.01. The zero-order valence-electron chi connectivity index (χ0n) is 12.9. The van der Waals surface area contributed by atoms with Crippen molar-refractivity contribution in [3.8, 4) is 0 Å².